The first-order valence-corrected chi connectivity index (χ1v) is 10.5. The number of benzene rings is 1. The Hall–Kier alpha value is -2.53. The summed E-state index contributed by atoms with van der Waals surface area (Å²) in [6, 6.07) is 8.96. The summed E-state index contributed by atoms with van der Waals surface area (Å²) in [6.07, 6.45) is 2.15. The maximum absolute atomic E-state index is 12.3. The lowest BCUT2D eigenvalue weighted by atomic mass is 9.97. The summed E-state index contributed by atoms with van der Waals surface area (Å²) in [7, 11) is -3.21. The van der Waals surface area contributed by atoms with Gasteiger partial charge in [-0.2, -0.15) is 9.36 Å². The van der Waals surface area contributed by atoms with Crippen LogP contribution in [0.5, 0.6) is 0 Å². The van der Waals surface area contributed by atoms with Crippen molar-refractivity contribution in [3.05, 3.63) is 40.8 Å². The molecule has 1 N–H and O–H groups in total. The van der Waals surface area contributed by atoms with Gasteiger partial charge in [0.25, 0.3) is 0 Å². The highest BCUT2D eigenvalue weighted by Crippen LogP contribution is 2.19. The highest BCUT2D eigenvalue weighted by Gasteiger charge is 2.28. The number of piperidine rings is 1. The van der Waals surface area contributed by atoms with E-state index in [4.69, 9.17) is 0 Å². The maximum atomic E-state index is 12.3. The molecule has 0 radical (unpaired) electrons. The summed E-state index contributed by atoms with van der Waals surface area (Å²) < 4.78 is 26.8. The summed E-state index contributed by atoms with van der Waals surface area (Å²) in [5, 5.41) is 10.5. The first-order chi connectivity index (χ1) is 12.9. The Labute approximate surface area is 156 Å². The second-order valence-corrected chi connectivity index (χ2v) is 8.44. The van der Waals surface area contributed by atoms with Gasteiger partial charge < -0.3 is 5.32 Å². The molecule has 3 rings (SSSR count). The molecular weight excluding hydrogens is 372 g/mol. The van der Waals surface area contributed by atoms with E-state index in [9.17, 15) is 18.0 Å². The number of para-hydroxylation sites is 1. The molecule has 2 aromatic rings. The number of rotatable bonds is 6. The fourth-order valence-electron chi connectivity index (χ4n) is 3.02. The normalized spacial score (nSPS) is 16.3. The molecule has 1 aliphatic rings. The van der Waals surface area contributed by atoms with E-state index in [2.05, 4.69) is 15.7 Å². The van der Waals surface area contributed by atoms with Crippen LogP contribution >= 0.6 is 0 Å². The van der Waals surface area contributed by atoms with Crippen molar-refractivity contribution in [1.82, 2.24) is 29.4 Å². The molecule has 1 aromatic carbocycles. The predicted octanol–water partition coefficient (Wildman–Crippen LogP) is -0.783. The number of tetrazole rings is 1. The Morgan fingerprint density at radius 3 is 2.48 bits per heavy atom. The van der Waals surface area contributed by atoms with E-state index in [1.807, 2.05) is 6.07 Å². The number of hydrogen-bond donors (Lipinski definition) is 1. The first-order valence-electron chi connectivity index (χ1n) is 8.67. The lowest BCUT2D eigenvalue weighted by molar-refractivity contribution is -0.126. The number of aromatic nitrogens is 4. The summed E-state index contributed by atoms with van der Waals surface area (Å²) in [6.45, 7) is 1.15. The summed E-state index contributed by atoms with van der Waals surface area (Å²) in [4.78, 5) is 24.6. The van der Waals surface area contributed by atoms with Gasteiger partial charge >= 0.3 is 5.69 Å². The summed E-state index contributed by atoms with van der Waals surface area (Å²) in [5.41, 5.74) is 0.243. The zero-order valence-electron chi connectivity index (χ0n) is 15.0. The average Bonchev–Trinajstić information content (AvgIpc) is 3.02. The number of carbonyl (C=O) groups excluding carboxylic acids is 1. The molecule has 0 atom stereocenters. The van der Waals surface area contributed by atoms with Gasteiger partial charge in [-0.1, -0.05) is 18.2 Å². The van der Waals surface area contributed by atoms with Gasteiger partial charge in [0.05, 0.1) is 18.5 Å². The van der Waals surface area contributed by atoms with Crippen LogP contribution in [0.4, 0.5) is 0 Å². The van der Waals surface area contributed by atoms with E-state index >= 15 is 0 Å². The van der Waals surface area contributed by atoms with E-state index in [0.29, 0.717) is 31.6 Å². The van der Waals surface area contributed by atoms with Crippen molar-refractivity contribution in [2.75, 3.05) is 25.9 Å². The molecule has 0 unspecified atom stereocenters. The van der Waals surface area contributed by atoms with Crippen LogP contribution in [0.2, 0.25) is 0 Å². The predicted molar refractivity (Wildman–Crippen MR) is 97.8 cm³/mol. The van der Waals surface area contributed by atoms with Crippen LogP contribution in [0.25, 0.3) is 5.69 Å². The van der Waals surface area contributed by atoms with Crippen LogP contribution < -0.4 is 11.0 Å². The molecule has 27 heavy (non-hydrogen) atoms. The summed E-state index contributed by atoms with van der Waals surface area (Å²) >= 11 is 0. The first kappa shape index (κ1) is 19.2. The van der Waals surface area contributed by atoms with Crippen LogP contribution in [0.3, 0.4) is 0 Å². The van der Waals surface area contributed by atoms with Crippen LogP contribution in [-0.4, -0.2) is 64.3 Å². The fourth-order valence-corrected chi connectivity index (χ4v) is 3.90. The molecule has 1 aliphatic heterocycles. The van der Waals surface area contributed by atoms with E-state index in [1.54, 1.807) is 24.3 Å². The van der Waals surface area contributed by atoms with Gasteiger partial charge in [-0.25, -0.2) is 17.5 Å². The number of nitrogens with one attached hydrogen (secondary N) is 1. The number of nitrogens with zero attached hydrogens (tertiary/aromatic N) is 5. The van der Waals surface area contributed by atoms with E-state index in [-0.39, 0.29) is 30.6 Å². The Balaban J connectivity index is 1.50. The second-order valence-electron chi connectivity index (χ2n) is 6.46. The molecule has 2 heterocycles. The summed E-state index contributed by atoms with van der Waals surface area (Å²) in [5.74, 6) is -0.355. The van der Waals surface area contributed by atoms with E-state index < -0.39 is 10.0 Å². The Morgan fingerprint density at radius 2 is 1.85 bits per heavy atom. The van der Waals surface area contributed by atoms with Gasteiger partial charge in [-0.15, -0.1) is 0 Å². The van der Waals surface area contributed by atoms with Gasteiger partial charge in [0, 0.05) is 25.6 Å². The highest BCUT2D eigenvalue weighted by atomic mass is 32.2. The van der Waals surface area contributed by atoms with Crippen LogP contribution in [0.1, 0.15) is 12.8 Å². The van der Waals surface area contributed by atoms with Gasteiger partial charge in [0.2, 0.25) is 15.9 Å². The molecule has 11 heteroatoms. The van der Waals surface area contributed by atoms with Gasteiger partial charge in [0.1, 0.15) is 0 Å². The molecular formula is C16H22N6O4S. The Morgan fingerprint density at radius 1 is 1.19 bits per heavy atom. The van der Waals surface area contributed by atoms with E-state index in [1.165, 1.54) is 19.9 Å². The minimum absolute atomic E-state index is 0.133. The molecule has 1 amide bonds. The number of hydrogen-bond acceptors (Lipinski definition) is 6. The third-order valence-electron chi connectivity index (χ3n) is 4.56. The lowest BCUT2D eigenvalue weighted by Gasteiger charge is -2.29. The zero-order chi connectivity index (χ0) is 19.4. The van der Waals surface area contributed by atoms with Crippen molar-refractivity contribution in [1.29, 1.82) is 0 Å². The molecule has 0 saturated carbocycles. The second kappa shape index (κ2) is 8.01. The number of carbonyl (C=O) groups is 1. The quantitative estimate of drug-likeness (QED) is 0.686. The van der Waals surface area contributed by atoms with Gasteiger partial charge in [-0.3, -0.25) is 4.79 Å². The standard InChI is InChI=1S/C16H22N6O4S/c1-27(25,26)20-10-7-13(8-11-20)15(23)17-9-12-21-16(24)22(19-18-21)14-5-3-2-4-6-14/h2-6,13H,7-12H2,1H3,(H,17,23). The lowest BCUT2D eigenvalue weighted by Crippen LogP contribution is -2.43. The molecule has 10 nitrogen and oxygen atoms in total. The molecule has 1 aromatic heterocycles. The molecule has 0 bridgehead atoms. The van der Waals surface area contributed by atoms with Crippen LogP contribution in [-0.2, 0) is 21.4 Å². The minimum atomic E-state index is -3.21. The van der Waals surface area contributed by atoms with E-state index in [0.717, 1.165) is 0 Å². The van der Waals surface area contributed by atoms with Crippen molar-refractivity contribution in [3.8, 4) is 5.69 Å². The van der Waals surface area contributed by atoms with Crippen molar-refractivity contribution >= 4 is 15.9 Å². The Bertz CT molecular complexity index is 945. The van der Waals surface area contributed by atoms with Crippen LogP contribution in [0, 0.1) is 5.92 Å². The average molecular weight is 394 g/mol. The van der Waals surface area contributed by atoms with Crippen molar-refractivity contribution in [2.45, 2.75) is 19.4 Å². The highest BCUT2D eigenvalue weighted by molar-refractivity contribution is 7.88. The largest absolute Gasteiger partial charge is 0.368 e. The van der Waals surface area contributed by atoms with Crippen molar-refractivity contribution in [2.24, 2.45) is 5.92 Å². The zero-order valence-corrected chi connectivity index (χ0v) is 15.8. The molecule has 0 aliphatic carbocycles. The SMILES string of the molecule is CS(=O)(=O)N1CCC(C(=O)NCCn2nnn(-c3ccccc3)c2=O)CC1. The maximum Gasteiger partial charge on any atom is 0.368 e. The van der Waals surface area contributed by atoms with Crippen molar-refractivity contribution < 1.29 is 13.2 Å². The minimum Gasteiger partial charge on any atom is -0.354 e. The smallest absolute Gasteiger partial charge is 0.354 e. The molecule has 1 saturated heterocycles. The number of sulfonamides is 1. The fraction of sp³-hybridized carbons (Fsp3) is 0.500. The Kier molecular flexibility index (Phi) is 5.71. The van der Waals surface area contributed by atoms with Gasteiger partial charge in [0.15, 0.2) is 0 Å². The topological polar surface area (TPSA) is 119 Å². The van der Waals surface area contributed by atoms with Crippen LogP contribution in [0.15, 0.2) is 35.1 Å². The van der Waals surface area contributed by atoms with Crippen molar-refractivity contribution in [3.63, 3.8) is 0 Å². The number of amides is 1. The monoisotopic (exact) mass is 394 g/mol. The molecule has 146 valence electrons. The van der Waals surface area contributed by atoms with Gasteiger partial charge in [-0.05, 0) is 35.4 Å². The molecule has 0 spiro atoms. The third-order valence-corrected chi connectivity index (χ3v) is 5.86. The molecule has 1 fully saturated rings. The third kappa shape index (κ3) is 4.61.